The minimum absolute atomic E-state index is 0.514. The molecule has 0 atom stereocenters. The quantitative estimate of drug-likeness (QED) is 0.155. The van der Waals surface area contributed by atoms with E-state index in [1.54, 1.807) is 19.2 Å². The maximum atomic E-state index is 12.1. The standard InChI is InChI=1S/C16H16FN3O.C16H17N3O.C15H15N3/c1-19(2)13-7-8-20-10-15(18-16(20)9-13)12-3-5-14(6-4-12)21-11-17;1-18(2)13-8-9-19-11-15(17-16(19)10-13)12-4-6-14(20-3)7-5-12;1-11-4-3-5-12(8-11)14-10-18-7-6-13(16-2)9-15(18)17-14/h3-10H,11H2,1-2H3;4-11H,1-3H3;3-10,16H,1-2H3. The Labute approximate surface area is 343 Å². The molecule has 0 aliphatic carbocycles. The van der Waals surface area contributed by atoms with Crippen molar-refractivity contribution in [3.63, 3.8) is 0 Å². The summed E-state index contributed by atoms with van der Waals surface area (Å²) in [4.78, 5) is 18.1. The van der Waals surface area contributed by atoms with E-state index in [4.69, 9.17) is 9.47 Å². The molecule has 6 aromatic heterocycles. The van der Waals surface area contributed by atoms with Crippen molar-refractivity contribution in [1.29, 1.82) is 0 Å². The fourth-order valence-electron chi connectivity index (χ4n) is 6.40. The molecule has 12 heteroatoms. The Hall–Kier alpha value is -7.34. The van der Waals surface area contributed by atoms with Gasteiger partial charge in [0.25, 0.3) is 0 Å². The fourth-order valence-corrected chi connectivity index (χ4v) is 6.40. The summed E-state index contributed by atoms with van der Waals surface area (Å²) in [5.74, 6) is 1.37. The van der Waals surface area contributed by atoms with Gasteiger partial charge in [0.15, 0.2) is 0 Å². The number of ether oxygens (including phenoxy) is 2. The maximum absolute atomic E-state index is 12.1. The lowest BCUT2D eigenvalue weighted by molar-refractivity contribution is 0.192. The summed E-state index contributed by atoms with van der Waals surface area (Å²) >= 11 is 0. The van der Waals surface area contributed by atoms with Crippen molar-refractivity contribution in [1.82, 2.24) is 28.2 Å². The molecule has 11 nitrogen and oxygen atoms in total. The van der Waals surface area contributed by atoms with Gasteiger partial charge < -0.3 is 37.8 Å². The molecule has 300 valence electrons. The maximum Gasteiger partial charge on any atom is 0.228 e. The normalized spacial score (nSPS) is 10.8. The van der Waals surface area contributed by atoms with Crippen LogP contribution in [0, 0.1) is 6.92 Å². The molecule has 0 aliphatic rings. The first-order valence-corrected chi connectivity index (χ1v) is 19.1. The highest BCUT2D eigenvalue weighted by molar-refractivity contribution is 5.68. The van der Waals surface area contributed by atoms with Crippen molar-refractivity contribution in [2.75, 3.05) is 64.3 Å². The Morgan fingerprint density at radius 3 is 1.51 bits per heavy atom. The number of anilines is 3. The number of aromatic nitrogens is 6. The van der Waals surface area contributed by atoms with E-state index >= 15 is 0 Å². The third kappa shape index (κ3) is 9.45. The van der Waals surface area contributed by atoms with Gasteiger partial charge >= 0.3 is 0 Å². The molecule has 0 amide bonds. The van der Waals surface area contributed by atoms with Gasteiger partial charge in [-0.25, -0.2) is 19.3 Å². The highest BCUT2D eigenvalue weighted by Gasteiger charge is 2.09. The number of pyridine rings is 3. The molecular formula is C47H48FN9O2. The second-order valence-electron chi connectivity index (χ2n) is 14.3. The lowest BCUT2D eigenvalue weighted by atomic mass is 10.1. The number of hydrogen-bond acceptors (Lipinski definition) is 8. The second-order valence-corrected chi connectivity index (χ2v) is 14.3. The zero-order valence-corrected chi connectivity index (χ0v) is 34.3. The minimum atomic E-state index is -0.818. The van der Waals surface area contributed by atoms with E-state index in [-0.39, 0.29) is 0 Å². The predicted octanol–water partition coefficient (Wildman–Crippen LogP) is 9.80. The SMILES string of the molecule is CN(C)c1ccn2cc(-c3ccc(OCF)cc3)nc2c1.CNc1ccn2cc(-c3cccc(C)c3)nc2c1.COc1ccc(-c2cn3ccc(N(C)C)cc3n2)cc1. The molecule has 0 fully saturated rings. The van der Waals surface area contributed by atoms with Gasteiger partial charge in [-0.15, -0.1) is 0 Å². The van der Waals surface area contributed by atoms with Crippen LogP contribution in [0.3, 0.4) is 0 Å². The Morgan fingerprint density at radius 2 is 1.05 bits per heavy atom. The smallest absolute Gasteiger partial charge is 0.228 e. The zero-order chi connectivity index (χ0) is 41.5. The first-order chi connectivity index (χ1) is 28.6. The molecule has 59 heavy (non-hydrogen) atoms. The van der Waals surface area contributed by atoms with E-state index in [2.05, 4.69) is 74.7 Å². The molecule has 0 bridgehead atoms. The molecule has 9 aromatic rings. The van der Waals surface area contributed by atoms with Crippen LogP contribution < -0.4 is 24.6 Å². The summed E-state index contributed by atoms with van der Waals surface area (Å²) in [5, 5.41) is 3.12. The van der Waals surface area contributed by atoms with Crippen LogP contribution in [0.2, 0.25) is 0 Å². The molecule has 0 saturated carbocycles. The van der Waals surface area contributed by atoms with E-state index in [0.29, 0.717) is 5.75 Å². The number of methoxy groups -OCH3 is 1. The largest absolute Gasteiger partial charge is 0.497 e. The van der Waals surface area contributed by atoms with Crippen LogP contribution in [0.4, 0.5) is 21.5 Å². The fraction of sp³-hybridized carbons (Fsp3) is 0.170. The molecule has 0 spiro atoms. The van der Waals surface area contributed by atoms with E-state index in [0.717, 1.165) is 73.5 Å². The van der Waals surface area contributed by atoms with Crippen LogP contribution >= 0.6 is 0 Å². The molecular weight excluding hydrogens is 742 g/mol. The average Bonchev–Trinajstić information content (AvgIpc) is 4.01. The van der Waals surface area contributed by atoms with E-state index in [1.165, 1.54) is 5.56 Å². The molecule has 9 rings (SSSR count). The van der Waals surface area contributed by atoms with Gasteiger partial charge in [-0.05, 0) is 79.7 Å². The summed E-state index contributed by atoms with van der Waals surface area (Å²) in [6, 6.07) is 35.9. The monoisotopic (exact) mass is 789 g/mol. The highest BCUT2D eigenvalue weighted by atomic mass is 19.1. The molecule has 6 heterocycles. The molecule has 0 unspecified atom stereocenters. The van der Waals surface area contributed by atoms with Crippen molar-refractivity contribution in [2.45, 2.75) is 6.92 Å². The number of alkyl halides is 1. The van der Waals surface area contributed by atoms with Crippen molar-refractivity contribution in [3.05, 3.63) is 152 Å². The van der Waals surface area contributed by atoms with Gasteiger partial charge in [0.2, 0.25) is 6.86 Å². The summed E-state index contributed by atoms with van der Waals surface area (Å²) in [7, 11) is 11.6. The van der Waals surface area contributed by atoms with Crippen LogP contribution in [-0.2, 0) is 0 Å². The summed E-state index contributed by atoms with van der Waals surface area (Å²) in [5.41, 5.74) is 13.4. The molecule has 3 aromatic carbocycles. The van der Waals surface area contributed by atoms with Gasteiger partial charge in [0, 0.05) is 124 Å². The van der Waals surface area contributed by atoms with Gasteiger partial charge in [-0.2, -0.15) is 0 Å². The van der Waals surface area contributed by atoms with Gasteiger partial charge in [-0.3, -0.25) is 0 Å². The van der Waals surface area contributed by atoms with Crippen LogP contribution in [0.1, 0.15) is 5.56 Å². The number of nitrogens with zero attached hydrogens (tertiary/aromatic N) is 8. The summed E-state index contributed by atoms with van der Waals surface area (Å²) in [6.45, 7) is 1.28. The number of nitrogens with one attached hydrogen (secondary N) is 1. The summed E-state index contributed by atoms with van der Waals surface area (Å²) in [6.07, 6.45) is 12.1. The lowest BCUT2D eigenvalue weighted by Crippen LogP contribution is -2.08. The van der Waals surface area contributed by atoms with Gasteiger partial charge in [-0.1, -0.05) is 23.8 Å². The van der Waals surface area contributed by atoms with Crippen LogP contribution in [0.5, 0.6) is 11.5 Å². The number of halogens is 1. The topological polar surface area (TPSA) is 88.9 Å². The van der Waals surface area contributed by atoms with Crippen LogP contribution in [0.15, 0.2) is 146 Å². The van der Waals surface area contributed by atoms with Crippen LogP contribution in [-0.4, -0.2) is 77.4 Å². The Kier molecular flexibility index (Phi) is 12.1. The molecule has 0 aliphatic heterocycles. The van der Waals surface area contributed by atoms with Gasteiger partial charge in [0.05, 0.1) is 24.2 Å². The Balaban J connectivity index is 0.000000135. The molecule has 1 N–H and O–H groups in total. The molecule has 0 saturated heterocycles. The minimum Gasteiger partial charge on any atom is -0.497 e. The van der Waals surface area contributed by atoms with Crippen molar-refractivity contribution >= 4 is 34.0 Å². The van der Waals surface area contributed by atoms with Crippen LogP contribution in [0.25, 0.3) is 50.7 Å². The second kappa shape index (κ2) is 17.9. The third-order valence-corrected chi connectivity index (χ3v) is 9.74. The van der Waals surface area contributed by atoms with Crippen molar-refractivity contribution in [3.8, 4) is 45.3 Å². The lowest BCUT2D eigenvalue weighted by Gasteiger charge is -2.11. The average molecular weight is 790 g/mol. The zero-order valence-electron chi connectivity index (χ0n) is 34.3. The van der Waals surface area contributed by atoms with Crippen molar-refractivity contribution < 1.29 is 13.9 Å². The third-order valence-electron chi connectivity index (χ3n) is 9.74. The summed E-state index contributed by atoms with van der Waals surface area (Å²) < 4.78 is 28.1. The predicted molar refractivity (Wildman–Crippen MR) is 238 cm³/mol. The van der Waals surface area contributed by atoms with E-state index < -0.39 is 6.86 Å². The Bertz CT molecular complexity index is 2790. The van der Waals surface area contributed by atoms with E-state index in [1.807, 2.05) is 145 Å². The van der Waals surface area contributed by atoms with Gasteiger partial charge in [0.1, 0.15) is 28.4 Å². The number of rotatable bonds is 9. The first kappa shape index (κ1) is 39.9. The number of hydrogen-bond donors (Lipinski definition) is 1. The van der Waals surface area contributed by atoms with E-state index in [9.17, 15) is 4.39 Å². The Morgan fingerprint density at radius 1 is 0.576 bits per heavy atom. The molecule has 0 radical (unpaired) electrons. The number of benzene rings is 3. The number of imidazole rings is 3. The highest BCUT2D eigenvalue weighted by Crippen LogP contribution is 2.26. The first-order valence-electron chi connectivity index (χ1n) is 19.1. The number of fused-ring (bicyclic) bond motifs is 3. The van der Waals surface area contributed by atoms with Crippen molar-refractivity contribution in [2.24, 2.45) is 0 Å². The number of aryl methyl sites for hydroxylation is 1.